The summed E-state index contributed by atoms with van der Waals surface area (Å²) in [6, 6.07) is -0.416. The fraction of sp³-hybridized carbons (Fsp3) is 0.889. The number of nitrogens with two attached hydrogens (primary N) is 1. The van der Waals surface area contributed by atoms with Crippen LogP contribution < -0.4 is 11.1 Å². The lowest BCUT2D eigenvalue weighted by molar-refractivity contribution is -0.120. The number of hydrogen-bond donors (Lipinski definition) is 2. The van der Waals surface area contributed by atoms with Gasteiger partial charge in [-0.1, -0.05) is 0 Å². The lowest BCUT2D eigenvalue weighted by Gasteiger charge is -2.23. The van der Waals surface area contributed by atoms with Crippen molar-refractivity contribution in [2.45, 2.75) is 12.5 Å². The Bertz CT molecular complexity index is 342. The van der Waals surface area contributed by atoms with Gasteiger partial charge in [0.05, 0.1) is 17.5 Å². The number of carbonyl (C=O) groups excluding carboxylic acids is 1. The van der Waals surface area contributed by atoms with Gasteiger partial charge in [0, 0.05) is 13.1 Å². The minimum atomic E-state index is -2.89. The molecular weight excluding hydrogens is 230 g/mol. The fourth-order valence-electron chi connectivity index (χ4n) is 1.75. The second-order valence-corrected chi connectivity index (χ2v) is 6.35. The first-order valence-electron chi connectivity index (χ1n) is 5.34. The van der Waals surface area contributed by atoms with E-state index in [1.54, 1.807) is 7.05 Å². The molecule has 6 nitrogen and oxygen atoms in total. The Morgan fingerprint density at radius 2 is 2.12 bits per heavy atom. The molecule has 0 aromatic rings. The Balaban J connectivity index is 2.52. The minimum absolute atomic E-state index is 0.169. The molecule has 1 saturated heterocycles. The van der Waals surface area contributed by atoms with Crippen LogP contribution >= 0.6 is 0 Å². The zero-order valence-electron chi connectivity index (χ0n) is 9.48. The van der Waals surface area contributed by atoms with Crippen LogP contribution in [0, 0.1) is 0 Å². The van der Waals surface area contributed by atoms with E-state index in [0.29, 0.717) is 26.1 Å². The maximum absolute atomic E-state index is 11.4. The zero-order valence-corrected chi connectivity index (χ0v) is 10.3. The van der Waals surface area contributed by atoms with E-state index in [9.17, 15) is 13.2 Å². The highest BCUT2D eigenvalue weighted by atomic mass is 32.2. The van der Waals surface area contributed by atoms with Crippen LogP contribution in [0.2, 0.25) is 0 Å². The van der Waals surface area contributed by atoms with E-state index in [2.05, 4.69) is 5.32 Å². The largest absolute Gasteiger partial charge is 0.368 e. The predicted molar refractivity (Wildman–Crippen MR) is 61.8 cm³/mol. The third-order valence-corrected chi connectivity index (χ3v) is 4.50. The molecule has 1 fully saturated rings. The van der Waals surface area contributed by atoms with Crippen LogP contribution in [0.4, 0.5) is 0 Å². The second-order valence-electron chi connectivity index (χ2n) is 4.05. The number of sulfone groups is 1. The molecule has 0 radical (unpaired) electrons. The van der Waals surface area contributed by atoms with Crippen molar-refractivity contribution in [1.82, 2.24) is 10.2 Å². The molecule has 1 aliphatic rings. The number of hydrogen-bond acceptors (Lipinski definition) is 5. The summed E-state index contributed by atoms with van der Waals surface area (Å²) in [5, 5.41) is 2.82. The van der Waals surface area contributed by atoms with Gasteiger partial charge in [-0.15, -0.1) is 0 Å². The highest BCUT2D eigenvalue weighted by Gasteiger charge is 2.22. The maximum atomic E-state index is 11.4. The molecule has 1 rings (SSSR count). The first-order valence-corrected chi connectivity index (χ1v) is 7.16. The van der Waals surface area contributed by atoms with E-state index >= 15 is 0 Å². The average Bonchev–Trinajstić information content (AvgIpc) is 2.36. The van der Waals surface area contributed by atoms with Gasteiger partial charge in [0.2, 0.25) is 5.91 Å². The van der Waals surface area contributed by atoms with E-state index in [1.807, 2.05) is 4.90 Å². The van der Waals surface area contributed by atoms with E-state index in [0.717, 1.165) is 0 Å². The Morgan fingerprint density at radius 3 is 2.69 bits per heavy atom. The van der Waals surface area contributed by atoms with Crippen LogP contribution in [-0.2, 0) is 14.6 Å². The van der Waals surface area contributed by atoms with Crippen molar-refractivity contribution in [3.05, 3.63) is 0 Å². The van der Waals surface area contributed by atoms with Crippen molar-refractivity contribution in [2.24, 2.45) is 5.73 Å². The highest BCUT2D eigenvalue weighted by Crippen LogP contribution is 2.05. The van der Waals surface area contributed by atoms with E-state index in [-0.39, 0.29) is 11.5 Å². The van der Waals surface area contributed by atoms with E-state index in [4.69, 9.17) is 5.73 Å². The van der Waals surface area contributed by atoms with E-state index < -0.39 is 21.8 Å². The number of likely N-dealkylation sites (N-methyl/N-ethyl adjacent to an activating group) is 1. The van der Waals surface area contributed by atoms with Gasteiger partial charge in [-0.25, -0.2) is 8.42 Å². The lowest BCUT2D eigenvalue weighted by Crippen LogP contribution is -2.48. The normalized spacial score (nSPS) is 23.6. The van der Waals surface area contributed by atoms with Crippen LogP contribution in [0.3, 0.4) is 0 Å². The zero-order chi connectivity index (χ0) is 12.2. The molecule has 0 aliphatic carbocycles. The Hall–Kier alpha value is -0.660. The summed E-state index contributed by atoms with van der Waals surface area (Å²) in [5.41, 5.74) is 5.21. The third kappa shape index (κ3) is 4.07. The molecule has 1 atom stereocenters. The quantitative estimate of drug-likeness (QED) is 0.612. The molecule has 16 heavy (non-hydrogen) atoms. The van der Waals surface area contributed by atoms with Crippen molar-refractivity contribution in [1.29, 1.82) is 0 Å². The summed E-state index contributed by atoms with van der Waals surface area (Å²) in [7, 11) is -1.22. The first-order chi connectivity index (χ1) is 7.44. The second kappa shape index (κ2) is 5.60. The van der Waals surface area contributed by atoms with Crippen LogP contribution in [0.1, 0.15) is 6.42 Å². The van der Waals surface area contributed by atoms with Gasteiger partial charge >= 0.3 is 0 Å². The van der Waals surface area contributed by atoms with Gasteiger partial charge < -0.3 is 16.0 Å². The molecule has 1 heterocycles. The van der Waals surface area contributed by atoms with Crippen LogP contribution in [0.15, 0.2) is 0 Å². The van der Waals surface area contributed by atoms with E-state index in [1.165, 1.54) is 0 Å². The van der Waals surface area contributed by atoms with Crippen molar-refractivity contribution in [2.75, 3.05) is 38.2 Å². The number of nitrogens with one attached hydrogen (secondary N) is 1. The van der Waals surface area contributed by atoms with Crippen LogP contribution in [0.25, 0.3) is 0 Å². The van der Waals surface area contributed by atoms with Gasteiger partial charge in [-0.05, 0) is 20.0 Å². The summed E-state index contributed by atoms with van der Waals surface area (Å²) in [5.74, 6) is 0.00144. The molecule has 7 heteroatoms. The number of rotatable bonds is 4. The fourth-order valence-corrected chi connectivity index (χ4v) is 3.06. The molecular formula is C9H19N3O3S. The first kappa shape index (κ1) is 13.4. The number of amides is 1. The number of nitrogens with zero attached hydrogens (tertiary/aromatic N) is 1. The Morgan fingerprint density at radius 1 is 1.44 bits per heavy atom. The summed E-state index contributed by atoms with van der Waals surface area (Å²) < 4.78 is 22.7. The number of primary amides is 1. The Labute approximate surface area is 96.1 Å². The van der Waals surface area contributed by atoms with Gasteiger partial charge in [0.25, 0.3) is 0 Å². The molecule has 1 unspecified atom stereocenters. The Kier molecular flexibility index (Phi) is 4.69. The van der Waals surface area contributed by atoms with Gasteiger partial charge in [-0.3, -0.25) is 4.79 Å². The monoisotopic (exact) mass is 249 g/mol. The highest BCUT2D eigenvalue weighted by molar-refractivity contribution is 7.91. The molecule has 0 aromatic heterocycles. The van der Waals surface area contributed by atoms with Crippen LogP contribution in [0.5, 0.6) is 0 Å². The molecule has 1 aliphatic heterocycles. The SMILES string of the molecule is CNC(CN1CCCS(=O)(=O)CC1)C(N)=O. The molecule has 0 spiro atoms. The van der Waals surface area contributed by atoms with Gasteiger partial charge in [-0.2, -0.15) is 0 Å². The number of carbonyl (C=O) groups is 1. The van der Waals surface area contributed by atoms with Crippen molar-refractivity contribution < 1.29 is 13.2 Å². The lowest BCUT2D eigenvalue weighted by atomic mass is 10.2. The molecule has 1 amide bonds. The summed E-state index contributed by atoms with van der Waals surface area (Å²) in [4.78, 5) is 13.0. The topological polar surface area (TPSA) is 92.5 Å². The smallest absolute Gasteiger partial charge is 0.235 e. The standard InChI is InChI=1S/C9H19N3O3S/c1-11-8(9(10)13)7-12-3-2-5-16(14,15)6-4-12/h8,11H,2-7H2,1H3,(H2,10,13). The molecule has 0 bridgehead atoms. The molecule has 0 aromatic carbocycles. The predicted octanol–water partition coefficient (Wildman–Crippen LogP) is -1.82. The molecule has 94 valence electrons. The van der Waals surface area contributed by atoms with Gasteiger partial charge in [0.15, 0.2) is 9.84 Å². The van der Waals surface area contributed by atoms with Crippen LogP contribution in [-0.4, -0.2) is 63.5 Å². The van der Waals surface area contributed by atoms with Crippen molar-refractivity contribution in [3.8, 4) is 0 Å². The maximum Gasteiger partial charge on any atom is 0.235 e. The summed E-state index contributed by atoms with van der Waals surface area (Å²) >= 11 is 0. The molecule has 3 N–H and O–H groups in total. The average molecular weight is 249 g/mol. The summed E-state index contributed by atoms with van der Waals surface area (Å²) in [6.07, 6.45) is 0.623. The molecule has 0 saturated carbocycles. The van der Waals surface area contributed by atoms with Gasteiger partial charge in [0.1, 0.15) is 0 Å². The summed E-state index contributed by atoms with van der Waals surface area (Å²) in [6.45, 7) is 1.65. The van der Waals surface area contributed by atoms with Crippen molar-refractivity contribution in [3.63, 3.8) is 0 Å². The third-order valence-electron chi connectivity index (χ3n) is 2.78. The minimum Gasteiger partial charge on any atom is -0.368 e. The van der Waals surface area contributed by atoms with Crippen molar-refractivity contribution >= 4 is 15.7 Å².